The van der Waals surface area contributed by atoms with Gasteiger partial charge in [0.05, 0.1) is 12.1 Å². The molecular formula is C20H21N3O3. The van der Waals surface area contributed by atoms with E-state index >= 15 is 0 Å². The van der Waals surface area contributed by atoms with Gasteiger partial charge >= 0.3 is 0 Å². The lowest BCUT2D eigenvalue weighted by molar-refractivity contribution is -0.117. The lowest BCUT2D eigenvalue weighted by Crippen LogP contribution is -2.32. The molecule has 2 heterocycles. The first-order valence-corrected chi connectivity index (χ1v) is 8.89. The second kappa shape index (κ2) is 6.78. The molecule has 134 valence electrons. The summed E-state index contributed by atoms with van der Waals surface area (Å²) in [4.78, 5) is 30.7. The number of ether oxygens (including phenoxy) is 1. The fourth-order valence-corrected chi connectivity index (χ4v) is 3.01. The number of nitrogens with zero attached hydrogens (tertiary/aromatic N) is 2. The van der Waals surface area contributed by atoms with Crippen molar-refractivity contribution in [3.05, 3.63) is 53.3 Å². The Morgan fingerprint density at radius 2 is 2.08 bits per heavy atom. The standard InChI is InChI=1S/C20H21N3O3/c1-13-2-3-15(11-21-13)20(25)23-8-9-26-18-7-6-17(10-16(18)12-23)22-19(24)14-4-5-14/h2-3,6-7,10-11,14H,4-5,8-9,12H2,1H3,(H,22,24). The number of nitrogens with one attached hydrogen (secondary N) is 1. The molecule has 0 spiro atoms. The third kappa shape index (κ3) is 3.54. The highest BCUT2D eigenvalue weighted by Gasteiger charge is 2.30. The van der Waals surface area contributed by atoms with E-state index in [1.54, 1.807) is 17.2 Å². The van der Waals surface area contributed by atoms with Crippen LogP contribution in [0.3, 0.4) is 0 Å². The first-order chi connectivity index (χ1) is 12.6. The van der Waals surface area contributed by atoms with Crippen LogP contribution in [-0.4, -0.2) is 34.8 Å². The van der Waals surface area contributed by atoms with E-state index in [-0.39, 0.29) is 17.7 Å². The van der Waals surface area contributed by atoms with E-state index in [2.05, 4.69) is 10.3 Å². The molecule has 0 saturated heterocycles. The fourth-order valence-electron chi connectivity index (χ4n) is 3.01. The molecule has 26 heavy (non-hydrogen) atoms. The zero-order valence-electron chi connectivity index (χ0n) is 14.7. The minimum Gasteiger partial charge on any atom is -0.491 e. The number of aromatic nitrogens is 1. The fraction of sp³-hybridized carbons (Fsp3) is 0.350. The number of benzene rings is 1. The van der Waals surface area contributed by atoms with Crippen molar-refractivity contribution in [1.82, 2.24) is 9.88 Å². The van der Waals surface area contributed by atoms with Crippen molar-refractivity contribution >= 4 is 17.5 Å². The molecule has 0 atom stereocenters. The van der Waals surface area contributed by atoms with Crippen LogP contribution in [0.4, 0.5) is 5.69 Å². The molecule has 1 fully saturated rings. The van der Waals surface area contributed by atoms with Gasteiger partial charge in [-0.05, 0) is 50.1 Å². The molecule has 1 aromatic heterocycles. The van der Waals surface area contributed by atoms with Gasteiger partial charge in [0.2, 0.25) is 5.91 Å². The van der Waals surface area contributed by atoms with E-state index < -0.39 is 0 Å². The topological polar surface area (TPSA) is 71.5 Å². The van der Waals surface area contributed by atoms with Gasteiger partial charge in [0.25, 0.3) is 5.91 Å². The minimum absolute atomic E-state index is 0.0677. The number of anilines is 1. The van der Waals surface area contributed by atoms with Gasteiger partial charge in [-0.2, -0.15) is 0 Å². The Hall–Kier alpha value is -2.89. The molecule has 6 heteroatoms. The highest BCUT2D eigenvalue weighted by Crippen LogP contribution is 2.32. The number of hydrogen-bond donors (Lipinski definition) is 1. The van der Waals surface area contributed by atoms with Crippen LogP contribution in [-0.2, 0) is 11.3 Å². The molecule has 0 radical (unpaired) electrons. The van der Waals surface area contributed by atoms with E-state index in [9.17, 15) is 9.59 Å². The van der Waals surface area contributed by atoms with Crippen LogP contribution in [0, 0.1) is 12.8 Å². The zero-order valence-corrected chi connectivity index (χ0v) is 14.7. The summed E-state index contributed by atoms with van der Waals surface area (Å²) < 4.78 is 5.78. The van der Waals surface area contributed by atoms with Crippen LogP contribution in [0.2, 0.25) is 0 Å². The van der Waals surface area contributed by atoms with E-state index in [4.69, 9.17) is 4.74 Å². The summed E-state index contributed by atoms with van der Waals surface area (Å²) in [7, 11) is 0. The van der Waals surface area contributed by atoms with Crippen molar-refractivity contribution in [2.75, 3.05) is 18.5 Å². The Bertz CT molecular complexity index is 844. The van der Waals surface area contributed by atoms with Crippen molar-refractivity contribution in [3.63, 3.8) is 0 Å². The van der Waals surface area contributed by atoms with Crippen LogP contribution < -0.4 is 10.1 Å². The monoisotopic (exact) mass is 351 g/mol. The number of carbonyl (C=O) groups excluding carboxylic acids is 2. The molecule has 1 saturated carbocycles. The number of fused-ring (bicyclic) bond motifs is 1. The van der Waals surface area contributed by atoms with Gasteiger partial charge in [0.1, 0.15) is 12.4 Å². The Morgan fingerprint density at radius 1 is 1.23 bits per heavy atom. The second-order valence-electron chi connectivity index (χ2n) is 6.85. The van der Waals surface area contributed by atoms with Gasteiger partial charge in [-0.1, -0.05) is 0 Å². The highest BCUT2D eigenvalue weighted by atomic mass is 16.5. The minimum atomic E-state index is -0.0682. The van der Waals surface area contributed by atoms with E-state index in [0.717, 1.165) is 35.5 Å². The van der Waals surface area contributed by atoms with Gasteiger partial charge in [-0.15, -0.1) is 0 Å². The number of pyridine rings is 1. The third-order valence-electron chi connectivity index (χ3n) is 4.70. The van der Waals surface area contributed by atoms with Gasteiger partial charge in [0, 0.05) is 35.6 Å². The van der Waals surface area contributed by atoms with E-state index in [1.165, 1.54) is 0 Å². The smallest absolute Gasteiger partial charge is 0.255 e. The van der Waals surface area contributed by atoms with Crippen molar-refractivity contribution in [2.24, 2.45) is 5.92 Å². The Labute approximate surface area is 152 Å². The van der Waals surface area contributed by atoms with Crippen LogP contribution in [0.15, 0.2) is 36.5 Å². The van der Waals surface area contributed by atoms with Gasteiger partial charge in [-0.3, -0.25) is 14.6 Å². The summed E-state index contributed by atoms with van der Waals surface area (Å²) in [6.45, 7) is 3.27. The van der Waals surface area contributed by atoms with Crippen LogP contribution in [0.1, 0.15) is 34.5 Å². The summed E-state index contributed by atoms with van der Waals surface area (Å²) in [6, 6.07) is 9.24. The first kappa shape index (κ1) is 16.6. The average Bonchev–Trinajstić information content (AvgIpc) is 3.48. The number of carbonyl (C=O) groups is 2. The molecule has 0 bridgehead atoms. The normalized spacial score (nSPS) is 16.3. The molecule has 4 rings (SSSR count). The average molecular weight is 351 g/mol. The van der Waals surface area contributed by atoms with Crippen molar-refractivity contribution in [2.45, 2.75) is 26.3 Å². The van der Waals surface area contributed by atoms with Crippen molar-refractivity contribution < 1.29 is 14.3 Å². The van der Waals surface area contributed by atoms with Crippen LogP contribution >= 0.6 is 0 Å². The van der Waals surface area contributed by atoms with Gasteiger partial charge < -0.3 is 15.0 Å². The van der Waals surface area contributed by atoms with Crippen molar-refractivity contribution in [3.8, 4) is 5.75 Å². The Kier molecular flexibility index (Phi) is 4.32. The molecule has 1 aliphatic heterocycles. The SMILES string of the molecule is Cc1ccc(C(=O)N2CCOc3ccc(NC(=O)C4CC4)cc3C2)cn1. The summed E-state index contributed by atoms with van der Waals surface area (Å²) in [5, 5.41) is 2.95. The van der Waals surface area contributed by atoms with Crippen LogP contribution in [0.5, 0.6) is 5.75 Å². The Morgan fingerprint density at radius 3 is 2.81 bits per heavy atom. The van der Waals surface area contributed by atoms with E-state index in [1.807, 2.05) is 31.2 Å². The lowest BCUT2D eigenvalue weighted by Gasteiger charge is -2.20. The summed E-state index contributed by atoms with van der Waals surface area (Å²) in [5.41, 5.74) is 3.08. The van der Waals surface area contributed by atoms with Crippen molar-refractivity contribution in [1.29, 1.82) is 0 Å². The summed E-state index contributed by atoms with van der Waals surface area (Å²) in [6.07, 6.45) is 3.54. The maximum Gasteiger partial charge on any atom is 0.255 e. The quantitative estimate of drug-likeness (QED) is 0.923. The molecule has 1 aliphatic carbocycles. The zero-order chi connectivity index (χ0) is 18.1. The number of rotatable bonds is 3. The van der Waals surface area contributed by atoms with Crippen LogP contribution in [0.25, 0.3) is 0 Å². The maximum absolute atomic E-state index is 12.8. The molecule has 2 aromatic rings. The molecule has 6 nitrogen and oxygen atoms in total. The predicted octanol–water partition coefficient (Wildman–Crippen LogP) is 2.77. The summed E-state index contributed by atoms with van der Waals surface area (Å²) in [5.74, 6) is 0.906. The van der Waals surface area contributed by atoms with Gasteiger partial charge in [-0.25, -0.2) is 0 Å². The number of amides is 2. The molecular weight excluding hydrogens is 330 g/mol. The molecule has 1 N–H and O–H groups in total. The second-order valence-corrected chi connectivity index (χ2v) is 6.85. The Balaban J connectivity index is 1.53. The number of hydrogen-bond acceptors (Lipinski definition) is 4. The summed E-state index contributed by atoms with van der Waals surface area (Å²) >= 11 is 0. The third-order valence-corrected chi connectivity index (χ3v) is 4.70. The molecule has 1 aromatic carbocycles. The largest absolute Gasteiger partial charge is 0.491 e. The predicted molar refractivity (Wildman–Crippen MR) is 97.0 cm³/mol. The molecule has 2 amide bonds. The van der Waals surface area contributed by atoms with E-state index in [0.29, 0.717) is 25.3 Å². The molecule has 2 aliphatic rings. The van der Waals surface area contributed by atoms with Gasteiger partial charge in [0.15, 0.2) is 0 Å². The molecule has 0 unspecified atom stereocenters. The first-order valence-electron chi connectivity index (χ1n) is 8.89. The number of aryl methyl sites for hydroxylation is 1. The highest BCUT2D eigenvalue weighted by molar-refractivity contribution is 5.95. The maximum atomic E-state index is 12.8. The lowest BCUT2D eigenvalue weighted by atomic mass is 10.1.